The van der Waals surface area contributed by atoms with Gasteiger partial charge in [0.15, 0.2) is 0 Å². The summed E-state index contributed by atoms with van der Waals surface area (Å²) in [6.07, 6.45) is -1.20. The van der Waals surface area contributed by atoms with Crippen LogP contribution in [0.2, 0.25) is 0 Å². The van der Waals surface area contributed by atoms with Crippen LogP contribution in [0.5, 0.6) is 0 Å². The van der Waals surface area contributed by atoms with Crippen molar-refractivity contribution in [2.45, 2.75) is 6.10 Å². The van der Waals surface area contributed by atoms with Crippen LogP contribution < -0.4 is 5.32 Å². The predicted molar refractivity (Wildman–Crippen MR) is 56.1 cm³/mol. The number of ether oxygens (including phenoxy) is 1. The summed E-state index contributed by atoms with van der Waals surface area (Å²) in [5.41, 5.74) is -0.299. The minimum absolute atomic E-state index is 0.0845. The fourth-order valence-corrected chi connectivity index (χ4v) is 1.34. The first-order chi connectivity index (χ1) is 7.66. The van der Waals surface area contributed by atoms with Gasteiger partial charge in [0.05, 0.1) is 18.3 Å². The lowest BCUT2D eigenvalue weighted by atomic mass is 10.1. The molecule has 1 aromatic carbocycles. The Morgan fingerprint density at radius 1 is 1.38 bits per heavy atom. The van der Waals surface area contributed by atoms with Crippen LogP contribution >= 0.6 is 0 Å². The van der Waals surface area contributed by atoms with Crippen molar-refractivity contribution < 1.29 is 18.6 Å². The standard InChI is InChI=1S/C11H15F2NO2/c1-16-6-5-14-7-10(15)11-8(12)3-2-4-9(11)13/h2-4,10,14-15H,5-7H2,1H3. The van der Waals surface area contributed by atoms with E-state index < -0.39 is 17.7 Å². The molecule has 0 aliphatic carbocycles. The highest BCUT2D eigenvalue weighted by molar-refractivity contribution is 5.22. The number of rotatable bonds is 6. The number of nitrogens with one attached hydrogen (secondary N) is 1. The lowest BCUT2D eigenvalue weighted by Crippen LogP contribution is -2.26. The molecule has 1 unspecified atom stereocenters. The first kappa shape index (κ1) is 13.0. The van der Waals surface area contributed by atoms with Crippen molar-refractivity contribution in [3.63, 3.8) is 0 Å². The molecule has 90 valence electrons. The number of benzene rings is 1. The van der Waals surface area contributed by atoms with Crippen molar-refractivity contribution in [1.29, 1.82) is 0 Å². The molecule has 0 amide bonds. The zero-order valence-electron chi connectivity index (χ0n) is 9.04. The molecule has 0 saturated carbocycles. The summed E-state index contributed by atoms with van der Waals surface area (Å²) in [4.78, 5) is 0. The minimum atomic E-state index is -1.20. The molecule has 1 atom stereocenters. The predicted octanol–water partition coefficient (Wildman–Crippen LogP) is 1.23. The van der Waals surface area contributed by atoms with Crippen molar-refractivity contribution in [2.24, 2.45) is 0 Å². The second-order valence-electron chi connectivity index (χ2n) is 3.35. The molecule has 1 aromatic rings. The molecular formula is C11H15F2NO2. The van der Waals surface area contributed by atoms with E-state index in [1.807, 2.05) is 0 Å². The van der Waals surface area contributed by atoms with Crippen molar-refractivity contribution in [3.05, 3.63) is 35.4 Å². The third kappa shape index (κ3) is 3.52. The molecule has 0 bridgehead atoms. The van der Waals surface area contributed by atoms with Gasteiger partial charge in [0, 0.05) is 20.2 Å². The first-order valence-corrected chi connectivity index (χ1v) is 4.98. The molecule has 0 heterocycles. The van der Waals surface area contributed by atoms with Crippen LogP contribution in [0.1, 0.15) is 11.7 Å². The zero-order chi connectivity index (χ0) is 12.0. The lowest BCUT2D eigenvalue weighted by molar-refractivity contribution is 0.154. The molecule has 0 aliphatic rings. The van der Waals surface area contributed by atoms with Crippen molar-refractivity contribution in [2.75, 3.05) is 26.8 Å². The summed E-state index contributed by atoms with van der Waals surface area (Å²) in [5.74, 6) is -1.47. The number of aliphatic hydroxyl groups is 1. The van der Waals surface area contributed by atoms with E-state index in [0.717, 1.165) is 12.1 Å². The highest BCUT2D eigenvalue weighted by Gasteiger charge is 2.16. The number of aliphatic hydroxyl groups excluding tert-OH is 1. The number of hydrogen-bond donors (Lipinski definition) is 2. The van der Waals surface area contributed by atoms with E-state index in [0.29, 0.717) is 13.2 Å². The maximum atomic E-state index is 13.2. The Bertz CT molecular complexity index is 314. The number of hydrogen-bond acceptors (Lipinski definition) is 3. The Morgan fingerprint density at radius 2 is 2.00 bits per heavy atom. The Labute approximate surface area is 93.0 Å². The Hall–Kier alpha value is -1.04. The second kappa shape index (κ2) is 6.52. The smallest absolute Gasteiger partial charge is 0.131 e. The van der Waals surface area contributed by atoms with Gasteiger partial charge in [-0.05, 0) is 12.1 Å². The molecule has 16 heavy (non-hydrogen) atoms. The molecule has 0 radical (unpaired) electrons. The van der Waals surface area contributed by atoms with Gasteiger partial charge in [0.25, 0.3) is 0 Å². The van der Waals surface area contributed by atoms with Gasteiger partial charge >= 0.3 is 0 Å². The van der Waals surface area contributed by atoms with Gasteiger partial charge in [-0.25, -0.2) is 8.78 Å². The summed E-state index contributed by atoms with van der Waals surface area (Å²) >= 11 is 0. The third-order valence-corrected chi connectivity index (χ3v) is 2.15. The van der Waals surface area contributed by atoms with Crippen LogP contribution in [0.3, 0.4) is 0 Å². The van der Waals surface area contributed by atoms with Crippen LogP contribution in [0.25, 0.3) is 0 Å². The average molecular weight is 231 g/mol. The van der Waals surface area contributed by atoms with Gasteiger partial charge in [0.1, 0.15) is 11.6 Å². The van der Waals surface area contributed by atoms with Crippen molar-refractivity contribution >= 4 is 0 Å². The largest absolute Gasteiger partial charge is 0.387 e. The summed E-state index contributed by atoms with van der Waals surface area (Å²) < 4.78 is 31.2. The van der Waals surface area contributed by atoms with Gasteiger partial charge in [-0.3, -0.25) is 0 Å². The number of methoxy groups -OCH3 is 1. The van der Waals surface area contributed by atoms with E-state index >= 15 is 0 Å². The summed E-state index contributed by atoms with van der Waals surface area (Å²) in [7, 11) is 1.55. The molecule has 1 rings (SSSR count). The van der Waals surface area contributed by atoms with Gasteiger partial charge < -0.3 is 15.2 Å². The summed E-state index contributed by atoms with van der Waals surface area (Å²) in [6.45, 7) is 1.08. The van der Waals surface area contributed by atoms with Crippen LogP contribution in [0.4, 0.5) is 8.78 Å². The first-order valence-electron chi connectivity index (χ1n) is 4.98. The molecule has 0 fully saturated rings. The van der Waals surface area contributed by atoms with Gasteiger partial charge in [-0.1, -0.05) is 6.07 Å². The van der Waals surface area contributed by atoms with Crippen LogP contribution in [-0.4, -0.2) is 31.9 Å². The Morgan fingerprint density at radius 3 is 2.56 bits per heavy atom. The molecule has 0 spiro atoms. The molecule has 0 aliphatic heterocycles. The van der Waals surface area contributed by atoms with Crippen molar-refractivity contribution in [3.8, 4) is 0 Å². The van der Waals surface area contributed by atoms with Crippen LogP contribution in [-0.2, 0) is 4.74 Å². The Kier molecular flexibility index (Phi) is 5.31. The molecule has 5 heteroatoms. The zero-order valence-corrected chi connectivity index (χ0v) is 9.04. The second-order valence-corrected chi connectivity index (χ2v) is 3.35. The maximum Gasteiger partial charge on any atom is 0.131 e. The van der Waals surface area contributed by atoms with E-state index in [-0.39, 0.29) is 12.1 Å². The average Bonchev–Trinajstić information content (AvgIpc) is 2.24. The van der Waals surface area contributed by atoms with Gasteiger partial charge in [-0.15, -0.1) is 0 Å². The summed E-state index contributed by atoms with van der Waals surface area (Å²) in [5, 5.41) is 12.4. The van der Waals surface area contributed by atoms with Crippen LogP contribution in [0, 0.1) is 11.6 Å². The molecule has 3 nitrogen and oxygen atoms in total. The molecule has 0 aromatic heterocycles. The molecule has 2 N–H and O–H groups in total. The molecule has 0 saturated heterocycles. The van der Waals surface area contributed by atoms with Gasteiger partial charge in [0.2, 0.25) is 0 Å². The quantitative estimate of drug-likeness (QED) is 0.724. The molecular weight excluding hydrogens is 216 g/mol. The van der Waals surface area contributed by atoms with E-state index in [2.05, 4.69) is 5.32 Å². The maximum absolute atomic E-state index is 13.2. The topological polar surface area (TPSA) is 41.5 Å². The van der Waals surface area contributed by atoms with E-state index in [4.69, 9.17) is 4.74 Å². The summed E-state index contributed by atoms with van der Waals surface area (Å²) in [6, 6.07) is 3.51. The lowest BCUT2D eigenvalue weighted by Gasteiger charge is -2.13. The van der Waals surface area contributed by atoms with E-state index in [9.17, 15) is 13.9 Å². The van der Waals surface area contributed by atoms with E-state index in [1.165, 1.54) is 6.07 Å². The fourth-order valence-electron chi connectivity index (χ4n) is 1.34. The monoisotopic (exact) mass is 231 g/mol. The minimum Gasteiger partial charge on any atom is -0.387 e. The van der Waals surface area contributed by atoms with Crippen molar-refractivity contribution in [1.82, 2.24) is 5.32 Å². The fraction of sp³-hybridized carbons (Fsp3) is 0.455. The van der Waals surface area contributed by atoms with Crippen LogP contribution in [0.15, 0.2) is 18.2 Å². The highest BCUT2D eigenvalue weighted by atomic mass is 19.1. The van der Waals surface area contributed by atoms with Gasteiger partial charge in [-0.2, -0.15) is 0 Å². The highest BCUT2D eigenvalue weighted by Crippen LogP contribution is 2.19. The Balaban J connectivity index is 2.55. The normalized spacial score (nSPS) is 12.8. The third-order valence-electron chi connectivity index (χ3n) is 2.15. The number of halogens is 2. The van der Waals surface area contributed by atoms with E-state index in [1.54, 1.807) is 7.11 Å². The SMILES string of the molecule is COCCNCC(O)c1c(F)cccc1F.